The molecule has 1 unspecified atom stereocenters. The van der Waals surface area contributed by atoms with Crippen molar-refractivity contribution in [1.82, 2.24) is 4.90 Å². The molecule has 0 radical (unpaired) electrons. The van der Waals surface area contributed by atoms with Crippen LogP contribution in [0.1, 0.15) is 19.8 Å². The highest BCUT2D eigenvalue weighted by Crippen LogP contribution is 2.20. The Hall–Kier alpha value is -0.290. The van der Waals surface area contributed by atoms with Crippen LogP contribution < -0.4 is 0 Å². The van der Waals surface area contributed by atoms with E-state index < -0.39 is 11.2 Å². The molecule has 1 fully saturated rings. The molecule has 0 saturated carbocycles. The van der Waals surface area contributed by atoms with E-state index in [0.717, 1.165) is 17.4 Å². The summed E-state index contributed by atoms with van der Waals surface area (Å²) in [6.45, 7) is 3.63. The summed E-state index contributed by atoms with van der Waals surface area (Å²) in [4.78, 5) is 12.6. The van der Waals surface area contributed by atoms with Crippen molar-refractivity contribution in [3.05, 3.63) is 0 Å². The number of carboxylic acid groups (broad SMARTS) is 1. The Kier molecular flexibility index (Phi) is 3.99. The number of hydrogen-bond donors (Lipinski definition) is 1. The number of carbonyl (C=O) groups is 1. The van der Waals surface area contributed by atoms with Crippen molar-refractivity contribution >= 4 is 34.3 Å². The lowest BCUT2D eigenvalue weighted by molar-refractivity contribution is -0.136. The summed E-state index contributed by atoms with van der Waals surface area (Å²) >= 11 is 6.40. The highest BCUT2D eigenvalue weighted by Gasteiger charge is 2.20. The molecule has 0 amide bonds. The predicted octanol–water partition coefficient (Wildman–Crippen LogP) is 1.57. The van der Waals surface area contributed by atoms with Gasteiger partial charge in [0.25, 0.3) is 0 Å². The largest absolute Gasteiger partial charge is 0.480 e. The van der Waals surface area contributed by atoms with Gasteiger partial charge in [-0.1, -0.05) is 24.0 Å². The van der Waals surface area contributed by atoms with E-state index in [9.17, 15) is 4.79 Å². The number of nitrogens with zero attached hydrogens (tertiary/aromatic N) is 1. The molecule has 1 aliphatic heterocycles. The Morgan fingerprint density at radius 2 is 2.08 bits per heavy atom. The van der Waals surface area contributed by atoms with Crippen LogP contribution in [0.4, 0.5) is 0 Å². The summed E-state index contributed by atoms with van der Waals surface area (Å²) in [6, 6.07) is 0. The number of thioether (sulfide) groups is 1. The minimum atomic E-state index is -0.799. The third kappa shape index (κ3) is 3.15. The lowest BCUT2D eigenvalue weighted by Crippen LogP contribution is -2.26. The normalized spacial score (nSPS) is 18.7. The number of hydrogen-bond acceptors (Lipinski definition) is 3. The molecule has 0 aromatic carbocycles. The monoisotopic (exact) mass is 219 g/mol. The summed E-state index contributed by atoms with van der Waals surface area (Å²) in [6.07, 6.45) is 2.34. The topological polar surface area (TPSA) is 40.5 Å². The maximum absolute atomic E-state index is 10.6. The van der Waals surface area contributed by atoms with Gasteiger partial charge in [-0.25, -0.2) is 0 Å². The van der Waals surface area contributed by atoms with E-state index in [4.69, 9.17) is 17.3 Å². The molecule has 1 saturated heterocycles. The molecule has 1 rings (SSSR count). The summed E-state index contributed by atoms with van der Waals surface area (Å²) in [7, 11) is 0. The molecule has 1 heterocycles. The minimum absolute atomic E-state index is 0.437. The van der Waals surface area contributed by atoms with Crippen LogP contribution in [0.25, 0.3) is 0 Å². The lowest BCUT2D eigenvalue weighted by atomic mass is 10.4. The molecular weight excluding hydrogens is 206 g/mol. The third-order valence-corrected chi connectivity index (χ3v) is 3.55. The number of likely N-dealkylation sites (tertiary alicyclic amines) is 1. The highest BCUT2D eigenvalue weighted by molar-refractivity contribution is 8.23. The molecule has 5 heteroatoms. The lowest BCUT2D eigenvalue weighted by Gasteiger charge is -2.18. The molecule has 0 spiro atoms. The standard InChI is InChI=1S/C8H13NO2S2/c1-6(7(10)11)13-8(12)9-4-2-3-5-9/h6H,2-5H2,1H3,(H,10,11). The first-order valence-electron chi connectivity index (χ1n) is 4.29. The van der Waals surface area contributed by atoms with Gasteiger partial charge < -0.3 is 10.0 Å². The molecular formula is C8H13NO2S2. The van der Waals surface area contributed by atoms with Gasteiger partial charge in [-0.2, -0.15) is 0 Å². The van der Waals surface area contributed by atoms with Crippen molar-refractivity contribution in [2.75, 3.05) is 13.1 Å². The Labute approximate surface area is 87.5 Å². The van der Waals surface area contributed by atoms with Gasteiger partial charge in [0, 0.05) is 13.1 Å². The third-order valence-electron chi connectivity index (χ3n) is 1.99. The van der Waals surface area contributed by atoms with Gasteiger partial charge in [-0.3, -0.25) is 4.79 Å². The smallest absolute Gasteiger partial charge is 0.316 e. The molecule has 74 valence electrons. The first kappa shape index (κ1) is 10.8. The molecule has 1 atom stereocenters. The zero-order chi connectivity index (χ0) is 9.84. The fourth-order valence-electron chi connectivity index (χ4n) is 1.18. The summed E-state index contributed by atoms with van der Waals surface area (Å²) in [5.74, 6) is -0.799. The molecule has 1 N–H and O–H groups in total. The number of rotatable bonds is 2. The first-order chi connectivity index (χ1) is 6.11. The molecule has 0 bridgehead atoms. The maximum Gasteiger partial charge on any atom is 0.316 e. The van der Waals surface area contributed by atoms with Crippen LogP contribution in [0.2, 0.25) is 0 Å². The van der Waals surface area contributed by atoms with Gasteiger partial charge in [0.05, 0.1) is 0 Å². The van der Waals surface area contributed by atoms with Crippen molar-refractivity contribution in [3.8, 4) is 0 Å². The Morgan fingerprint density at radius 1 is 1.54 bits per heavy atom. The fourth-order valence-corrected chi connectivity index (χ4v) is 2.53. The second kappa shape index (κ2) is 4.81. The van der Waals surface area contributed by atoms with Crippen LogP contribution in [0, 0.1) is 0 Å². The molecule has 0 aromatic rings. The van der Waals surface area contributed by atoms with Crippen LogP contribution in [0.3, 0.4) is 0 Å². The van der Waals surface area contributed by atoms with Gasteiger partial charge >= 0.3 is 5.97 Å². The van der Waals surface area contributed by atoms with Crippen LogP contribution in [-0.2, 0) is 4.79 Å². The van der Waals surface area contributed by atoms with Gasteiger partial charge in [-0.15, -0.1) is 0 Å². The summed E-state index contributed by atoms with van der Waals surface area (Å²) < 4.78 is 0.729. The van der Waals surface area contributed by atoms with Crippen LogP contribution in [0.15, 0.2) is 0 Å². The zero-order valence-electron chi connectivity index (χ0n) is 7.52. The second-order valence-corrected chi connectivity index (χ2v) is 5.03. The Balaban J connectivity index is 2.35. The number of carboxylic acids is 1. The number of thiocarbonyl (C=S) groups is 1. The maximum atomic E-state index is 10.6. The number of aliphatic carboxylic acids is 1. The predicted molar refractivity (Wildman–Crippen MR) is 58.1 cm³/mol. The van der Waals surface area contributed by atoms with E-state index in [-0.39, 0.29) is 0 Å². The SMILES string of the molecule is CC(SC(=S)N1CCCC1)C(=O)O. The van der Waals surface area contributed by atoms with Gasteiger partial charge in [0.15, 0.2) is 0 Å². The van der Waals surface area contributed by atoms with Gasteiger partial charge in [0.1, 0.15) is 9.57 Å². The van der Waals surface area contributed by atoms with Crippen LogP contribution in [-0.4, -0.2) is 38.6 Å². The minimum Gasteiger partial charge on any atom is -0.480 e. The van der Waals surface area contributed by atoms with E-state index in [2.05, 4.69) is 4.90 Å². The van der Waals surface area contributed by atoms with E-state index >= 15 is 0 Å². The van der Waals surface area contributed by atoms with Gasteiger partial charge in [-0.05, 0) is 19.8 Å². The molecule has 1 aliphatic rings. The van der Waals surface area contributed by atoms with Crippen molar-refractivity contribution in [1.29, 1.82) is 0 Å². The quantitative estimate of drug-likeness (QED) is 0.714. The van der Waals surface area contributed by atoms with Crippen LogP contribution in [0.5, 0.6) is 0 Å². The van der Waals surface area contributed by atoms with Crippen molar-refractivity contribution in [2.45, 2.75) is 25.0 Å². The fraction of sp³-hybridized carbons (Fsp3) is 0.750. The van der Waals surface area contributed by atoms with Crippen LogP contribution >= 0.6 is 24.0 Å². The summed E-state index contributed by atoms with van der Waals surface area (Å²) in [5.41, 5.74) is 0. The van der Waals surface area contributed by atoms with Crippen molar-refractivity contribution in [3.63, 3.8) is 0 Å². The van der Waals surface area contributed by atoms with E-state index in [0.29, 0.717) is 0 Å². The first-order valence-corrected chi connectivity index (χ1v) is 5.58. The molecule has 13 heavy (non-hydrogen) atoms. The molecule has 3 nitrogen and oxygen atoms in total. The van der Waals surface area contributed by atoms with E-state index in [1.807, 2.05) is 0 Å². The van der Waals surface area contributed by atoms with E-state index in [1.165, 1.54) is 24.6 Å². The molecule has 0 aliphatic carbocycles. The summed E-state index contributed by atoms with van der Waals surface area (Å²) in [5, 5.41) is 8.24. The average Bonchev–Trinajstić information content (AvgIpc) is 2.55. The van der Waals surface area contributed by atoms with Crippen molar-refractivity contribution < 1.29 is 9.90 Å². The Bertz CT molecular complexity index is 214. The average molecular weight is 219 g/mol. The van der Waals surface area contributed by atoms with E-state index in [1.54, 1.807) is 6.92 Å². The van der Waals surface area contributed by atoms with Gasteiger partial charge in [0.2, 0.25) is 0 Å². The zero-order valence-corrected chi connectivity index (χ0v) is 9.16. The Morgan fingerprint density at radius 3 is 2.54 bits per heavy atom. The molecule has 0 aromatic heterocycles. The highest BCUT2D eigenvalue weighted by atomic mass is 32.2. The second-order valence-electron chi connectivity index (χ2n) is 3.06. The van der Waals surface area contributed by atoms with Crippen molar-refractivity contribution in [2.24, 2.45) is 0 Å².